The molecule has 1 aliphatic rings. The Labute approximate surface area is 117 Å². The topological polar surface area (TPSA) is 102 Å². The first-order chi connectivity index (χ1) is 9.19. The van der Waals surface area contributed by atoms with Crippen molar-refractivity contribution in [2.75, 3.05) is 20.2 Å². The van der Waals surface area contributed by atoms with Crippen LogP contribution in [0.4, 0.5) is 0 Å². The number of hydroxylamine groups is 4. The average Bonchev–Trinajstić information content (AvgIpc) is 2.58. The van der Waals surface area contributed by atoms with Crippen LogP contribution in [-0.2, 0) is 24.1 Å². The normalized spacial score (nSPS) is 16.1. The fraction of sp³-hybridized carbons (Fsp3) is 0.750. The molecule has 0 saturated carbocycles. The van der Waals surface area contributed by atoms with Gasteiger partial charge >= 0.3 is 5.97 Å². The van der Waals surface area contributed by atoms with Gasteiger partial charge in [-0.05, 0) is 20.3 Å². The van der Waals surface area contributed by atoms with E-state index in [1.807, 2.05) is 13.8 Å². The van der Waals surface area contributed by atoms with E-state index in [4.69, 9.17) is 15.4 Å². The van der Waals surface area contributed by atoms with Crippen LogP contribution in [0.25, 0.3) is 0 Å². The average molecular weight is 287 g/mol. The Morgan fingerprint density at radius 2 is 1.90 bits per heavy atom. The highest BCUT2D eigenvalue weighted by atomic mass is 16.7. The number of nitrogens with two attached hydrogens (primary N) is 1. The molecule has 0 aromatic carbocycles. The van der Waals surface area contributed by atoms with E-state index >= 15 is 0 Å². The molecule has 0 atom stereocenters. The lowest BCUT2D eigenvalue weighted by molar-refractivity contribution is -0.207. The molecule has 20 heavy (non-hydrogen) atoms. The van der Waals surface area contributed by atoms with E-state index in [0.717, 1.165) is 0 Å². The first-order valence-corrected chi connectivity index (χ1v) is 6.38. The minimum Gasteiger partial charge on any atom is -0.329 e. The molecule has 0 radical (unpaired) electrons. The van der Waals surface area contributed by atoms with E-state index in [1.165, 1.54) is 5.06 Å². The van der Waals surface area contributed by atoms with E-state index < -0.39 is 17.8 Å². The predicted octanol–water partition coefficient (Wildman–Crippen LogP) is -0.416. The molecule has 1 fully saturated rings. The molecule has 1 rings (SSSR count). The number of imide groups is 1. The van der Waals surface area contributed by atoms with Gasteiger partial charge in [-0.1, -0.05) is 0 Å². The Hall–Kier alpha value is -1.51. The zero-order valence-corrected chi connectivity index (χ0v) is 12.0. The molecule has 0 spiro atoms. The molecule has 0 unspecified atom stereocenters. The second-order valence-corrected chi connectivity index (χ2v) is 5.40. The fourth-order valence-electron chi connectivity index (χ4n) is 1.48. The van der Waals surface area contributed by atoms with Crippen molar-refractivity contribution in [1.29, 1.82) is 0 Å². The van der Waals surface area contributed by atoms with E-state index in [2.05, 4.69) is 0 Å². The van der Waals surface area contributed by atoms with Crippen LogP contribution in [0.2, 0.25) is 0 Å². The van der Waals surface area contributed by atoms with Crippen LogP contribution >= 0.6 is 0 Å². The number of likely N-dealkylation sites (N-methyl/N-ethyl adjacent to an activating group) is 1. The molecule has 1 aliphatic heterocycles. The van der Waals surface area contributed by atoms with E-state index in [1.54, 1.807) is 7.05 Å². The summed E-state index contributed by atoms with van der Waals surface area (Å²) in [6, 6.07) is 0. The van der Waals surface area contributed by atoms with Gasteiger partial charge in [-0.15, -0.1) is 5.06 Å². The molecule has 0 aromatic heterocycles. The lowest BCUT2D eigenvalue weighted by Gasteiger charge is -2.21. The maximum atomic E-state index is 11.5. The van der Waals surface area contributed by atoms with Crippen molar-refractivity contribution in [3.05, 3.63) is 0 Å². The van der Waals surface area contributed by atoms with Gasteiger partial charge in [0.25, 0.3) is 11.8 Å². The Kier molecular flexibility index (Phi) is 5.61. The van der Waals surface area contributed by atoms with Crippen LogP contribution < -0.4 is 5.73 Å². The SMILES string of the molecule is CN(CC(=O)ON1C(=O)CCC1=O)OCCC(C)(C)N. The highest BCUT2D eigenvalue weighted by Crippen LogP contribution is 2.12. The number of carbonyl (C=O) groups is 3. The summed E-state index contributed by atoms with van der Waals surface area (Å²) < 4.78 is 0. The zero-order chi connectivity index (χ0) is 15.3. The smallest absolute Gasteiger partial charge is 0.329 e. The number of hydrogen-bond acceptors (Lipinski definition) is 7. The van der Waals surface area contributed by atoms with Crippen molar-refractivity contribution in [3.63, 3.8) is 0 Å². The second kappa shape index (κ2) is 6.78. The van der Waals surface area contributed by atoms with E-state index in [-0.39, 0.29) is 24.9 Å². The van der Waals surface area contributed by atoms with Crippen molar-refractivity contribution in [2.24, 2.45) is 5.73 Å². The van der Waals surface area contributed by atoms with Gasteiger partial charge in [0.05, 0.1) is 6.61 Å². The van der Waals surface area contributed by atoms with Gasteiger partial charge in [0.15, 0.2) is 0 Å². The van der Waals surface area contributed by atoms with Crippen LogP contribution in [0.1, 0.15) is 33.1 Å². The molecule has 114 valence electrons. The maximum Gasteiger partial charge on any atom is 0.349 e. The summed E-state index contributed by atoms with van der Waals surface area (Å²) in [4.78, 5) is 44.0. The highest BCUT2D eigenvalue weighted by Gasteiger charge is 2.33. The van der Waals surface area contributed by atoms with Crippen LogP contribution in [0, 0.1) is 0 Å². The molecule has 8 nitrogen and oxygen atoms in total. The van der Waals surface area contributed by atoms with Gasteiger partial charge < -0.3 is 10.6 Å². The summed E-state index contributed by atoms with van der Waals surface area (Å²) in [7, 11) is 1.55. The second-order valence-electron chi connectivity index (χ2n) is 5.40. The van der Waals surface area contributed by atoms with Crippen LogP contribution in [0.15, 0.2) is 0 Å². The number of nitrogens with zero attached hydrogens (tertiary/aromatic N) is 2. The molecule has 0 aromatic rings. The molecule has 2 amide bonds. The molecule has 2 N–H and O–H groups in total. The van der Waals surface area contributed by atoms with Crippen molar-refractivity contribution >= 4 is 17.8 Å². The number of hydrogen-bond donors (Lipinski definition) is 1. The van der Waals surface area contributed by atoms with Crippen molar-refractivity contribution in [2.45, 2.75) is 38.6 Å². The summed E-state index contributed by atoms with van der Waals surface area (Å²) in [6.45, 7) is 3.90. The first-order valence-electron chi connectivity index (χ1n) is 6.38. The molecular formula is C12H21N3O5. The summed E-state index contributed by atoms with van der Waals surface area (Å²) in [5.41, 5.74) is 5.44. The van der Waals surface area contributed by atoms with Gasteiger partial charge in [0.1, 0.15) is 6.54 Å². The van der Waals surface area contributed by atoms with Crippen LogP contribution in [0.3, 0.4) is 0 Å². The van der Waals surface area contributed by atoms with Gasteiger partial charge in [-0.25, -0.2) is 4.79 Å². The first kappa shape index (κ1) is 16.5. The predicted molar refractivity (Wildman–Crippen MR) is 68.6 cm³/mol. The van der Waals surface area contributed by atoms with Crippen molar-refractivity contribution < 1.29 is 24.1 Å². The zero-order valence-electron chi connectivity index (χ0n) is 12.0. The summed E-state index contributed by atoms with van der Waals surface area (Å²) in [5.74, 6) is -1.74. The summed E-state index contributed by atoms with van der Waals surface area (Å²) in [5, 5.41) is 1.79. The lowest BCUT2D eigenvalue weighted by Crippen LogP contribution is -2.38. The molecule has 1 heterocycles. The van der Waals surface area contributed by atoms with E-state index in [9.17, 15) is 14.4 Å². The van der Waals surface area contributed by atoms with Gasteiger partial charge in [0, 0.05) is 25.4 Å². The van der Waals surface area contributed by atoms with Crippen molar-refractivity contribution in [3.8, 4) is 0 Å². The van der Waals surface area contributed by atoms with Crippen molar-refractivity contribution in [1.82, 2.24) is 10.1 Å². The van der Waals surface area contributed by atoms with Crippen LogP contribution in [0.5, 0.6) is 0 Å². The van der Waals surface area contributed by atoms with Gasteiger partial charge in [-0.2, -0.15) is 5.06 Å². The summed E-state index contributed by atoms with van der Waals surface area (Å²) >= 11 is 0. The maximum absolute atomic E-state index is 11.5. The van der Waals surface area contributed by atoms with Crippen LogP contribution in [-0.4, -0.2) is 53.6 Å². The Balaban J connectivity index is 2.28. The van der Waals surface area contributed by atoms with Gasteiger partial charge in [-0.3, -0.25) is 14.4 Å². The Morgan fingerprint density at radius 1 is 1.35 bits per heavy atom. The Bertz CT molecular complexity index is 375. The third kappa shape index (κ3) is 5.64. The largest absolute Gasteiger partial charge is 0.349 e. The molecule has 1 saturated heterocycles. The number of amides is 2. The quantitative estimate of drug-likeness (QED) is 0.501. The molecule has 0 aliphatic carbocycles. The molecular weight excluding hydrogens is 266 g/mol. The third-order valence-corrected chi connectivity index (χ3v) is 2.61. The fourth-order valence-corrected chi connectivity index (χ4v) is 1.48. The lowest BCUT2D eigenvalue weighted by atomic mass is 10.0. The minimum absolute atomic E-state index is 0.0734. The summed E-state index contributed by atoms with van der Waals surface area (Å²) in [6.07, 6.45) is 0.767. The third-order valence-electron chi connectivity index (χ3n) is 2.61. The molecule has 0 bridgehead atoms. The van der Waals surface area contributed by atoms with Gasteiger partial charge in [0.2, 0.25) is 0 Å². The number of rotatable bonds is 7. The minimum atomic E-state index is -0.733. The highest BCUT2D eigenvalue weighted by molar-refractivity contribution is 6.01. The number of carbonyl (C=O) groups excluding carboxylic acids is 3. The Morgan fingerprint density at radius 3 is 2.40 bits per heavy atom. The monoisotopic (exact) mass is 287 g/mol. The standard InChI is InChI=1S/C12H21N3O5/c1-12(2,13)6-7-19-14(3)8-11(18)20-15-9(16)4-5-10(15)17/h4-8,13H2,1-3H3. The molecule has 8 heteroatoms. The van der Waals surface area contributed by atoms with E-state index in [0.29, 0.717) is 18.1 Å².